The van der Waals surface area contributed by atoms with E-state index in [0.717, 1.165) is 5.56 Å². The molecule has 128 valence electrons. The number of ether oxygens (including phenoxy) is 1. The van der Waals surface area contributed by atoms with Gasteiger partial charge in [0.05, 0.1) is 5.92 Å². The minimum Gasteiger partial charge on any atom is -0.484 e. The minimum atomic E-state index is -0.0660. The van der Waals surface area contributed by atoms with Gasteiger partial charge in [-0.25, -0.2) is 0 Å². The van der Waals surface area contributed by atoms with Gasteiger partial charge >= 0.3 is 0 Å². The first-order valence-corrected chi connectivity index (χ1v) is 9.03. The molecule has 0 bridgehead atoms. The summed E-state index contributed by atoms with van der Waals surface area (Å²) in [5.41, 5.74) is 0.948. The Hall–Kier alpha value is -2.38. The summed E-state index contributed by atoms with van der Waals surface area (Å²) in [6, 6.07) is 8.87. The molecule has 1 aliphatic rings. The monoisotopic (exact) mass is 375 g/mol. The van der Waals surface area contributed by atoms with E-state index in [1.54, 1.807) is 40.5 Å². The average molecular weight is 376 g/mol. The summed E-state index contributed by atoms with van der Waals surface area (Å²) in [6.45, 7) is 1.13. The number of rotatable bonds is 5. The predicted molar refractivity (Wildman–Crippen MR) is 93.9 cm³/mol. The van der Waals surface area contributed by atoms with Crippen molar-refractivity contribution in [3.63, 3.8) is 0 Å². The van der Waals surface area contributed by atoms with E-state index in [4.69, 9.17) is 20.9 Å². The van der Waals surface area contributed by atoms with Crippen molar-refractivity contribution in [2.24, 2.45) is 0 Å². The van der Waals surface area contributed by atoms with E-state index < -0.39 is 0 Å². The van der Waals surface area contributed by atoms with Crippen molar-refractivity contribution in [3.8, 4) is 17.1 Å². The molecule has 0 saturated carbocycles. The molecule has 6 nitrogen and oxygen atoms in total. The van der Waals surface area contributed by atoms with Gasteiger partial charge in [0.1, 0.15) is 5.75 Å². The summed E-state index contributed by atoms with van der Waals surface area (Å²) < 4.78 is 10.8. The van der Waals surface area contributed by atoms with E-state index in [-0.39, 0.29) is 18.4 Å². The molecule has 0 radical (unpaired) electrons. The molecule has 3 aromatic rings. The molecule has 0 unspecified atom stereocenters. The third-order valence-corrected chi connectivity index (χ3v) is 4.92. The summed E-state index contributed by atoms with van der Waals surface area (Å²) >= 11 is 7.40. The normalized spacial score (nSPS) is 14.4. The average Bonchev–Trinajstić information content (AvgIpc) is 3.24. The molecule has 0 spiro atoms. The van der Waals surface area contributed by atoms with Crippen LogP contribution in [0.15, 0.2) is 45.6 Å². The molecule has 1 aromatic carbocycles. The maximum Gasteiger partial charge on any atom is 0.260 e. The Bertz CT molecular complexity index is 858. The zero-order chi connectivity index (χ0) is 17.2. The van der Waals surface area contributed by atoms with Crippen LogP contribution in [0.2, 0.25) is 5.02 Å². The molecule has 0 aliphatic carbocycles. The molecule has 1 fully saturated rings. The molecular weight excluding hydrogens is 362 g/mol. The van der Waals surface area contributed by atoms with Crippen molar-refractivity contribution in [1.29, 1.82) is 0 Å². The van der Waals surface area contributed by atoms with Crippen LogP contribution in [0, 0.1) is 0 Å². The summed E-state index contributed by atoms with van der Waals surface area (Å²) in [6.07, 6.45) is 0. The van der Waals surface area contributed by atoms with Crippen LogP contribution in [0.5, 0.6) is 5.75 Å². The molecule has 1 saturated heterocycles. The molecule has 8 heteroatoms. The Morgan fingerprint density at radius 1 is 1.32 bits per heavy atom. The van der Waals surface area contributed by atoms with Crippen molar-refractivity contribution in [3.05, 3.63) is 52.0 Å². The lowest BCUT2D eigenvalue weighted by molar-refractivity contribution is -0.138. The van der Waals surface area contributed by atoms with Gasteiger partial charge in [-0.3, -0.25) is 4.79 Å². The number of aromatic nitrogens is 2. The highest BCUT2D eigenvalue weighted by Crippen LogP contribution is 2.28. The first-order valence-electron chi connectivity index (χ1n) is 7.71. The van der Waals surface area contributed by atoms with Crippen LogP contribution < -0.4 is 4.74 Å². The molecule has 25 heavy (non-hydrogen) atoms. The number of thiophene rings is 1. The summed E-state index contributed by atoms with van der Waals surface area (Å²) in [5.74, 6) is 1.80. The molecule has 3 heterocycles. The second-order valence-electron chi connectivity index (χ2n) is 5.71. The predicted octanol–water partition coefficient (Wildman–Crippen LogP) is 3.46. The highest BCUT2D eigenvalue weighted by atomic mass is 35.5. The standard InChI is InChI=1S/C17H14ClN3O3S/c18-13-1-3-14(4-2-13)23-9-15(22)21-7-12(8-21)17-19-16(20-24-17)11-5-6-25-10-11/h1-6,10,12H,7-9H2. The van der Waals surface area contributed by atoms with Crippen LogP contribution in [0.25, 0.3) is 11.4 Å². The van der Waals surface area contributed by atoms with Gasteiger partial charge in [-0.2, -0.15) is 16.3 Å². The molecule has 1 aliphatic heterocycles. The highest BCUT2D eigenvalue weighted by Gasteiger charge is 2.35. The Morgan fingerprint density at radius 2 is 2.12 bits per heavy atom. The fourth-order valence-corrected chi connectivity index (χ4v) is 3.28. The third-order valence-electron chi connectivity index (χ3n) is 3.98. The first-order chi connectivity index (χ1) is 12.2. The second kappa shape index (κ2) is 6.85. The maximum atomic E-state index is 12.1. The SMILES string of the molecule is O=C(COc1ccc(Cl)cc1)N1CC(c2nc(-c3ccsc3)no2)C1. The number of carbonyl (C=O) groups excluding carboxylic acids is 1. The van der Waals surface area contributed by atoms with Gasteiger partial charge in [0.15, 0.2) is 6.61 Å². The van der Waals surface area contributed by atoms with Gasteiger partial charge in [0.2, 0.25) is 11.7 Å². The van der Waals surface area contributed by atoms with Crippen LogP contribution in [-0.4, -0.2) is 40.6 Å². The van der Waals surface area contributed by atoms with E-state index in [0.29, 0.717) is 35.6 Å². The van der Waals surface area contributed by atoms with Crippen LogP contribution >= 0.6 is 22.9 Å². The summed E-state index contributed by atoms with van der Waals surface area (Å²) in [4.78, 5) is 18.3. The lowest BCUT2D eigenvalue weighted by Crippen LogP contribution is -2.50. The van der Waals surface area contributed by atoms with E-state index in [2.05, 4.69) is 10.1 Å². The number of hydrogen-bond acceptors (Lipinski definition) is 6. The zero-order valence-electron chi connectivity index (χ0n) is 13.1. The Labute approximate surface area is 153 Å². The van der Waals surface area contributed by atoms with E-state index in [1.165, 1.54) is 0 Å². The number of amides is 1. The second-order valence-corrected chi connectivity index (χ2v) is 6.92. The fraction of sp³-hybridized carbons (Fsp3) is 0.235. The minimum absolute atomic E-state index is 0.00165. The lowest BCUT2D eigenvalue weighted by Gasteiger charge is -2.36. The molecule has 0 atom stereocenters. The van der Waals surface area contributed by atoms with E-state index >= 15 is 0 Å². The molecule has 1 amide bonds. The molecular formula is C17H14ClN3O3S. The zero-order valence-corrected chi connectivity index (χ0v) is 14.7. The van der Waals surface area contributed by atoms with Crippen LogP contribution in [0.3, 0.4) is 0 Å². The number of halogens is 1. The van der Waals surface area contributed by atoms with Gasteiger partial charge in [0.25, 0.3) is 5.91 Å². The van der Waals surface area contributed by atoms with Crippen molar-refractivity contribution in [2.45, 2.75) is 5.92 Å². The lowest BCUT2D eigenvalue weighted by atomic mass is 10.0. The summed E-state index contributed by atoms with van der Waals surface area (Å²) in [7, 11) is 0. The fourth-order valence-electron chi connectivity index (χ4n) is 2.52. The van der Waals surface area contributed by atoms with Crippen molar-refractivity contribution >= 4 is 28.8 Å². The molecule has 4 rings (SSSR count). The summed E-state index contributed by atoms with van der Waals surface area (Å²) in [5, 5.41) is 8.57. The number of hydrogen-bond donors (Lipinski definition) is 0. The number of nitrogens with zero attached hydrogens (tertiary/aromatic N) is 3. The molecule has 0 N–H and O–H groups in total. The van der Waals surface area contributed by atoms with E-state index in [1.807, 2.05) is 16.8 Å². The number of likely N-dealkylation sites (tertiary alicyclic amines) is 1. The van der Waals surface area contributed by atoms with Crippen LogP contribution in [-0.2, 0) is 4.79 Å². The van der Waals surface area contributed by atoms with Crippen molar-refractivity contribution in [1.82, 2.24) is 15.0 Å². The number of benzene rings is 1. The van der Waals surface area contributed by atoms with Gasteiger partial charge < -0.3 is 14.2 Å². The topological polar surface area (TPSA) is 68.5 Å². The third kappa shape index (κ3) is 3.52. The largest absolute Gasteiger partial charge is 0.484 e. The quantitative estimate of drug-likeness (QED) is 0.683. The van der Waals surface area contributed by atoms with Crippen LogP contribution in [0.4, 0.5) is 0 Å². The molecule has 2 aromatic heterocycles. The van der Waals surface area contributed by atoms with Gasteiger partial charge in [-0.15, -0.1) is 0 Å². The Morgan fingerprint density at radius 3 is 2.84 bits per heavy atom. The van der Waals surface area contributed by atoms with Gasteiger partial charge in [-0.1, -0.05) is 16.8 Å². The Kier molecular flexibility index (Phi) is 4.42. The van der Waals surface area contributed by atoms with Crippen molar-refractivity contribution in [2.75, 3.05) is 19.7 Å². The van der Waals surface area contributed by atoms with Crippen LogP contribution in [0.1, 0.15) is 11.8 Å². The maximum absolute atomic E-state index is 12.1. The first kappa shape index (κ1) is 16.1. The Balaban J connectivity index is 1.28. The van der Waals surface area contributed by atoms with Crippen molar-refractivity contribution < 1.29 is 14.1 Å². The van der Waals surface area contributed by atoms with E-state index in [9.17, 15) is 4.79 Å². The number of carbonyl (C=O) groups is 1. The van der Waals surface area contributed by atoms with Gasteiger partial charge in [0, 0.05) is 29.1 Å². The highest BCUT2D eigenvalue weighted by molar-refractivity contribution is 7.08. The smallest absolute Gasteiger partial charge is 0.260 e. The van der Waals surface area contributed by atoms with Gasteiger partial charge in [-0.05, 0) is 35.7 Å².